The lowest BCUT2D eigenvalue weighted by atomic mass is 10.1. The van der Waals surface area contributed by atoms with Crippen molar-refractivity contribution in [2.45, 2.75) is 19.9 Å². The minimum Gasteiger partial charge on any atom is -0.495 e. The van der Waals surface area contributed by atoms with Crippen LogP contribution in [0.25, 0.3) is 11.3 Å². The first kappa shape index (κ1) is 15.3. The molecule has 0 aliphatic rings. The summed E-state index contributed by atoms with van der Waals surface area (Å²) < 4.78 is 6.73. The molecule has 0 bridgehead atoms. The molecule has 21 heavy (non-hydrogen) atoms. The number of carbonyl (C=O) groups excluding carboxylic acids is 1. The van der Waals surface area contributed by atoms with Gasteiger partial charge in [-0.25, -0.2) is 0 Å². The lowest BCUT2D eigenvalue weighted by molar-refractivity contribution is 0.112. The van der Waals surface area contributed by atoms with Crippen LogP contribution >= 0.6 is 11.6 Å². The Bertz CT molecular complexity index is 722. The number of rotatable bonds is 5. The summed E-state index contributed by atoms with van der Waals surface area (Å²) in [5, 5.41) is 0.477. The molecule has 2 aromatic rings. The Morgan fingerprint density at radius 2 is 2.05 bits per heavy atom. The predicted octanol–water partition coefficient (Wildman–Crippen LogP) is 3.40. The second-order valence-electron chi connectivity index (χ2n) is 4.60. The molecule has 0 amide bonds. The van der Waals surface area contributed by atoms with Crippen molar-refractivity contribution >= 4 is 17.9 Å². The fraction of sp³-hybridized carbons (Fsp3) is 0.250. The molecule has 5 heteroatoms. The molecule has 0 radical (unpaired) electrons. The van der Waals surface area contributed by atoms with Gasteiger partial charge < -0.3 is 9.30 Å². The van der Waals surface area contributed by atoms with E-state index in [0.717, 1.165) is 17.7 Å². The molecule has 0 aliphatic carbocycles. The third-order valence-electron chi connectivity index (χ3n) is 3.23. The average molecular weight is 306 g/mol. The normalized spacial score (nSPS) is 10.4. The number of benzene rings is 1. The van der Waals surface area contributed by atoms with Gasteiger partial charge in [0, 0.05) is 6.54 Å². The summed E-state index contributed by atoms with van der Waals surface area (Å²) in [5.74, 6) is 0.578. The Kier molecular flexibility index (Phi) is 4.81. The van der Waals surface area contributed by atoms with Crippen molar-refractivity contribution in [1.29, 1.82) is 0 Å². The third kappa shape index (κ3) is 3.00. The van der Waals surface area contributed by atoms with E-state index >= 15 is 0 Å². The van der Waals surface area contributed by atoms with Gasteiger partial charge in [0.2, 0.25) is 0 Å². The van der Waals surface area contributed by atoms with E-state index in [1.54, 1.807) is 29.9 Å². The van der Waals surface area contributed by atoms with E-state index in [0.29, 0.717) is 23.6 Å². The van der Waals surface area contributed by atoms with Gasteiger partial charge in [0.15, 0.2) is 6.29 Å². The molecular formula is C16H16ClNO3. The first-order valence-electron chi connectivity index (χ1n) is 6.65. The largest absolute Gasteiger partial charge is 0.495 e. The molecule has 1 aromatic heterocycles. The molecule has 0 saturated heterocycles. The first-order valence-corrected chi connectivity index (χ1v) is 7.03. The minimum atomic E-state index is -0.281. The number of carbonyl (C=O) groups is 1. The van der Waals surface area contributed by atoms with E-state index in [1.165, 1.54) is 6.07 Å². The number of hydrogen-bond acceptors (Lipinski definition) is 3. The number of nitrogens with zero attached hydrogens (tertiary/aromatic N) is 1. The van der Waals surface area contributed by atoms with Crippen LogP contribution in [-0.2, 0) is 6.54 Å². The topological polar surface area (TPSA) is 48.3 Å². The van der Waals surface area contributed by atoms with Crippen molar-refractivity contribution in [3.63, 3.8) is 0 Å². The maximum absolute atomic E-state index is 12.3. The van der Waals surface area contributed by atoms with Crippen LogP contribution in [0, 0.1) is 0 Å². The zero-order valence-corrected chi connectivity index (χ0v) is 12.7. The van der Waals surface area contributed by atoms with E-state index in [4.69, 9.17) is 16.3 Å². The van der Waals surface area contributed by atoms with Crippen LogP contribution in [-0.4, -0.2) is 18.0 Å². The molecule has 0 aliphatic heterocycles. The fourth-order valence-electron chi connectivity index (χ4n) is 2.21. The Morgan fingerprint density at radius 1 is 1.29 bits per heavy atom. The standard InChI is InChI=1S/C16H16ClNO3/c1-3-8-18-14(6-4-12(10-19)16(18)20)11-5-7-15(21-2)13(17)9-11/h4-7,9-10H,3,8H2,1-2H3. The molecule has 0 atom stereocenters. The molecule has 0 fully saturated rings. The Morgan fingerprint density at radius 3 is 2.62 bits per heavy atom. The van der Waals surface area contributed by atoms with Gasteiger partial charge in [-0.05, 0) is 42.3 Å². The highest BCUT2D eigenvalue weighted by molar-refractivity contribution is 6.32. The van der Waals surface area contributed by atoms with E-state index in [1.807, 2.05) is 13.0 Å². The molecule has 4 nitrogen and oxygen atoms in total. The minimum absolute atomic E-state index is 0.159. The quantitative estimate of drug-likeness (QED) is 0.795. The van der Waals surface area contributed by atoms with Crippen molar-refractivity contribution < 1.29 is 9.53 Å². The van der Waals surface area contributed by atoms with Crippen molar-refractivity contribution in [2.75, 3.05) is 7.11 Å². The van der Waals surface area contributed by atoms with Crippen molar-refractivity contribution in [1.82, 2.24) is 4.57 Å². The lowest BCUT2D eigenvalue weighted by Gasteiger charge is -2.14. The molecule has 1 heterocycles. The summed E-state index contributed by atoms with van der Waals surface area (Å²) in [6, 6.07) is 8.65. The summed E-state index contributed by atoms with van der Waals surface area (Å²) in [6.07, 6.45) is 1.37. The van der Waals surface area contributed by atoms with Gasteiger partial charge in [-0.1, -0.05) is 18.5 Å². The van der Waals surface area contributed by atoms with E-state index in [-0.39, 0.29) is 11.1 Å². The van der Waals surface area contributed by atoms with Crippen LogP contribution in [0.1, 0.15) is 23.7 Å². The van der Waals surface area contributed by atoms with Gasteiger partial charge in [0.05, 0.1) is 23.4 Å². The number of hydrogen-bond donors (Lipinski definition) is 0. The SMILES string of the molecule is CCCn1c(-c2ccc(OC)c(Cl)c2)ccc(C=O)c1=O. The monoisotopic (exact) mass is 305 g/mol. The van der Waals surface area contributed by atoms with Crippen LogP contribution in [0.5, 0.6) is 5.75 Å². The van der Waals surface area contributed by atoms with Gasteiger partial charge in [0.25, 0.3) is 5.56 Å². The molecule has 0 N–H and O–H groups in total. The number of pyridine rings is 1. The smallest absolute Gasteiger partial charge is 0.261 e. The molecule has 110 valence electrons. The van der Waals surface area contributed by atoms with Gasteiger partial charge >= 0.3 is 0 Å². The van der Waals surface area contributed by atoms with Crippen LogP contribution in [0.2, 0.25) is 5.02 Å². The number of aromatic nitrogens is 1. The molecule has 0 unspecified atom stereocenters. The maximum atomic E-state index is 12.3. The molecule has 0 spiro atoms. The maximum Gasteiger partial charge on any atom is 0.261 e. The van der Waals surface area contributed by atoms with E-state index < -0.39 is 0 Å². The second kappa shape index (κ2) is 6.59. The van der Waals surface area contributed by atoms with Gasteiger partial charge in [-0.3, -0.25) is 9.59 Å². The number of ether oxygens (including phenoxy) is 1. The Hall–Kier alpha value is -2.07. The summed E-state index contributed by atoms with van der Waals surface area (Å²) >= 11 is 6.14. The van der Waals surface area contributed by atoms with Crippen LogP contribution in [0.3, 0.4) is 0 Å². The summed E-state index contributed by atoms with van der Waals surface area (Å²) in [5.41, 5.74) is 1.42. The van der Waals surface area contributed by atoms with Crippen molar-refractivity contribution in [3.8, 4) is 17.0 Å². The third-order valence-corrected chi connectivity index (χ3v) is 3.52. The predicted molar refractivity (Wildman–Crippen MR) is 83.4 cm³/mol. The summed E-state index contributed by atoms with van der Waals surface area (Å²) in [4.78, 5) is 23.2. The second-order valence-corrected chi connectivity index (χ2v) is 5.01. The summed E-state index contributed by atoms with van der Waals surface area (Å²) in [7, 11) is 1.55. The zero-order chi connectivity index (χ0) is 15.4. The molecular weight excluding hydrogens is 290 g/mol. The highest BCUT2D eigenvalue weighted by Gasteiger charge is 2.11. The van der Waals surface area contributed by atoms with Gasteiger partial charge in [-0.2, -0.15) is 0 Å². The molecule has 2 rings (SSSR count). The average Bonchev–Trinajstić information content (AvgIpc) is 2.49. The van der Waals surface area contributed by atoms with Crippen molar-refractivity contribution in [2.24, 2.45) is 0 Å². The van der Waals surface area contributed by atoms with Crippen LogP contribution in [0.4, 0.5) is 0 Å². The zero-order valence-electron chi connectivity index (χ0n) is 11.9. The fourth-order valence-corrected chi connectivity index (χ4v) is 2.47. The highest BCUT2D eigenvalue weighted by Crippen LogP contribution is 2.29. The Balaban J connectivity index is 2.63. The van der Waals surface area contributed by atoms with Crippen LogP contribution in [0.15, 0.2) is 35.1 Å². The molecule has 1 aromatic carbocycles. The van der Waals surface area contributed by atoms with Crippen molar-refractivity contribution in [3.05, 3.63) is 51.3 Å². The lowest BCUT2D eigenvalue weighted by Crippen LogP contribution is -2.24. The number of halogens is 1. The van der Waals surface area contributed by atoms with Gasteiger partial charge in [0.1, 0.15) is 5.75 Å². The number of methoxy groups -OCH3 is 1. The first-order chi connectivity index (χ1) is 10.1. The highest BCUT2D eigenvalue weighted by atomic mass is 35.5. The van der Waals surface area contributed by atoms with Crippen LogP contribution < -0.4 is 10.3 Å². The number of aldehydes is 1. The summed E-state index contributed by atoms with van der Waals surface area (Å²) in [6.45, 7) is 2.52. The molecule has 0 saturated carbocycles. The Labute approximate surface area is 127 Å². The van der Waals surface area contributed by atoms with Gasteiger partial charge in [-0.15, -0.1) is 0 Å². The van der Waals surface area contributed by atoms with E-state index in [2.05, 4.69) is 0 Å². The van der Waals surface area contributed by atoms with E-state index in [9.17, 15) is 9.59 Å².